The van der Waals surface area contributed by atoms with E-state index in [2.05, 4.69) is 25.6 Å². The highest BCUT2D eigenvalue weighted by atomic mass is 32.1. The Balaban J connectivity index is 2.07. The highest BCUT2D eigenvalue weighted by Gasteiger charge is 2.14. The normalized spacial score (nSPS) is 11.9. The predicted molar refractivity (Wildman–Crippen MR) is 69.6 cm³/mol. The molecular weight excluding hydrogens is 250 g/mol. The molecule has 2 aromatic rings. The van der Waals surface area contributed by atoms with E-state index in [0.717, 1.165) is 5.01 Å². The second kappa shape index (κ2) is 5.54. The molecule has 7 heteroatoms. The lowest BCUT2D eigenvalue weighted by Crippen LogP contribution is -2.27. The Hall–Kier alpha value is -2.02. The van der Waals surface area contributed by atoms with Crippen molar-refractivity contribution in [1.82, 2.24) is 20.3 Å². The highest BCUT2D eigenvalue weighted by Crippen LogP contribution is 2.15. The minimum Gasteiger partial charge on any atom is -0.372 e. The number of thiazole rings is 1. The van der Waals surface area contributed by atoms with Gasteiger partial charge < -0.3 is 10.6 Å². The third-order valence-corrected chi connectivity index (χ3v) is 3.25. The number of anilines is 1. The van der Waals surface area contributed by atoms with Gasteiger partial charge in [0.15, 0.2) is 0 Å². The molecule has 2 heterocycles. The van der Waals surface area contributed by atoms with Crippen LogP contribution in [0.15, 0.2) is 24.0 Å². The minimum atomic E-state index is -0.262. The van der Waals surface area contributed by atoms with E-state index in [4.69, 9.17) is 0 Å². The van der Waals surface area contributed by atoms with Crippen molar-refractivity contribution in [2.45, 2.75) is 13.0 Å². The van der Waals surface area contributed by atoms with Crippen LogP contribution in [0.3, 0.4) is 0 Å². The molecule has 0 bridgehead atoms. The summed E-state index contributed by atoms with van der Waals surface area (Å²) in [6.07, 6.45) is 4.70. The number of carbonyl (C=O) groups is 1. The van der Waals surface area contributed by atoms with Crippen LogP contribution in [-0.2, 0) is 0 Å². The van der Waals surface area contributed by atoms with Crippen molar-refractivity contribution >= 4 is 23.1 Å². The van der Waals surface area contributed by atoms with Crippen molar-refractivity contribution in [2.75, 3.05) is 12.4 Å². The molecule has 2 aromatic heterocycles. The van der Waals surface area contributed by atoms with Gasteiger partial charge in [-0.05, 0) is 6.92 Å². The van der Waals surface area contributed by atoms with E-state index in [1.165, 1.54) is 17.5 Å². The second-order valence-electron chi connectivity index (χ2n) is 3.61. The van der Waals surface area contributed by atoms with E-state index in [-0.39, 0.29) is 17.6 Å². The lowest BCUT2D eigenvalue weighted by Gasteiger charge is -2.10. The molecule has 2 rings (SSSR count). The van der Waals surface area contributed by atoms with Crippen LogP contribution >= 0.6 is 11.3 Å². The van der Waals surface area contributed by atoms with Crippen LogP contribution in [0.25, 0.3) is 0 Å². The minimum absolute atomic E-state index is 0.141. The summed E-state index contributed by atoms with van der Waals surface area (Å²) in [6, 6.07) is -0.141. The molecule has 2 N–H and O–H groups in total. The van der Waals surface area contributed by atoms with E-state index in [9.17, 15) is 4.79 Å². The first-order valence-corrected chi connectivity index (χ1v) is 6.28. The summed E-state index contributed by atoms with van der Waals surface area (Å²) in [5.41, 5.74) is 0.283. The highest BCUT2D eigenvalue weighted by molar-refractivity contribution is 7.09. The van der Waals surface area contributed by atoms with Crippen molar-refractivity contribution in [3.05, 3.63) is 34.7 Å². The van der Waals surface area contributed by atoms with Gasteiger partial charge in [-0.2, -0.15) is 0 Å². The topological polar surface area (TPSA) is 79.8 Å². The van der Waals surface area contributed by atoms with E-state index in [1.54, 1.807) is 19.4 Å². The van der Waals surface area contributed by atoms with Gasteiger partial charge in [-0.25, -0.2) is 9.97 Å². The molecule has 0 aromatic carbocycles. The van der Waals surface area contributed by atoms with Crippen LogP contribution in [0, 0.1) is 0 Å². The molecule has 18 heavy (non-hydrogen) atoms. The Kier molecular flexibility index (Phi) is 3.83. The number of carbonyl (C=O) groups excluding carboxylic acids is 1. The van der Waals surface area contributed by atoms with Crippen LogP contribution < -0.4 is 10.6 Å². The Morgan fingerprint density at radius 1 is 1.44 bits per heavy atom. The fraction of sp³-hybridized carbons (Fsp3) is 0.273. The first kappa shape index (κ1) is 12.4. The van der Waals surface area contributed by atoms with Crippen LogP contribution in [0.2, 0.25) is 0 Å². The molecule has 1 atom stereocenters. The number of aromatic nitrogens is 3. The molecule has 0 saturated carbocycles. The molecule has 0 aliphatic rings. The van der Waals surface area contributed by atoms with Gasteiger partial charge in [0.05, 0.1) is 18.4 Å². The van der Waals surface area contributed by atoms with Crippen LogP contribution in [-0.4, -0.2) is 27.9 Å². The van der Waals surface area contributed by atoms with Gasteiger partial charge >= 0.3 is 0 Å². The third-order valence-electron chi connectivity index (χ3n) is 2.29. The number of hydrogen-bond donors (Lipinski definition) is 2. The number of nitrogens with zero attached hydrogens (tertiary/aromatic N) is 3. The van der Waals surface area contributed by atoms with Crippen LogP contribution in [0.5, 0.6) is 0 Å². The molecule has 0 aliphatic carbocycles. The third kappa shape index (κ3) is 2.80. The largest absolute Gasteiger partial charge is 0.372 e. The van der Waals surface area contributed by atoms with Gasteiger partial charge in [0.2, 0.25) is 0 Å². The Morgan fingerprint density at radius 3 is 2.94 bits per heavy atom. The maximum atomic E-state index is 12.0. The smallest absolute Gasteiger partial charge is 0.272 e. The lowest BCUT2D eigenvalue weighted by atomic mass is 10.3. The Labute approximate surface area is 109 Å². The fourth-order valence-electron chi connectivity index (χ4n) is 1.38. The molecule has 6 nitrogen and oxygen atoms in total. The molecule has 0 saturated heterocycles. The number of nitrogens with one attached hydrogen (secondary N) is 2. The molecule has 0 radical (unpaired) electrons. The van der Waals surface area contributed by atoms with E-state index in [0.29, 0.717) is 5.82 Å². The standard InChI is InChI=1S/C11H13N5OS/c1-7(11-14-3-4-18-11)15-10(17)8-5-13-6-9(12-2)16-8/h3-7H,1-2H3,(H,12,16)(H,15,17). The molecule has 94 valence electrons. The van der Waals surface area contributed by atoms with Crippen LogP contribution in [0.1, 0.15) is 28.5 Å². The SMILES string of the molecule is CNc1cncc(C(=O)NC(C)c2nccs2)n1. The summed E-state index contributed by atoms with van der Waals surface area (Å²) in [4.78, 5) is 24.2. The zero-order valence-electron chi connectivity index (χ0n) is 10.0. The van der Waals surface area contributed by atoms with Crippen molar-refractivity contribution < 1.29 is 4.79 Å². The van der Waals surface area contributed by atoms with Gasteiger partial charge in [0, 0.05) is 18.6 Å². The second-order valence-corrected chi connectivity index (χ2v) is 4.53. The number of hydrogen-bond acceptors (Lipinski definition) is 6. The van der Waals surface area contributed by atoms with Gasteiger partial charge in [0.25, 0.3) is 5.91 Å². The van der Waals surface area contributed by atoms with E-state index < -0.39 is 0 Å². The first-order chi connectivity index (χ1) is 8.70. The van der Waals surface area contributed by atoms with E-state index >= 15 is 0 Å². The maximum Gasteiger partial charge on any atom is 0.272 e. The molecule has 1 amide bonds. The summed E-state index contributed by atoms with van der Waals surface area (Å²) in [5, 5.41) is 8.40. The van der Waals surface area contributed by atoms with Gasteiger partial charge in [-0.3, -0.25) is 9.78 Å². The average Bonchev–Trinajstić information content (AvgIpc) is 2.92. The lowest BCUT2D eigenvalue weighted by molar-refractivity contribution is 0.0934. The van der Waals surface area contributed by atoms with Crippen molar-refractivity contribution in [3.8, 4) is 0 Å². The summed E-state index contributed by atoms with van der Waals surface area (Å²) in [6.45, 7) is 1.88. The first-order valence-electron chi connectivity index (χ1n) is 5.40. The summed E-state index contributed by atoms with van der Waals surface area (Å²) in [7, 11) is 1.73. The molecule has 1 unspecified atom stereocenters. The fourth-order valence-corrected chi connectivity index (χ4v) is 2.02. The molecular formula is C11H13N5OS. The molecule has 0 fully saturated rings. The monoisotopic (exact) mass is 263 g/mol. The van der Waals surface area contributed by atoms with Gasteiger partial charge in [-0.15, -0.1) is 11.3 Å². The Bertz CT molecular complexity index is 528. The quantitative estimate of drug-likeness (QED) is 0.873. The number of amides is 1. The van der Waals surface area contributed by atoms with Crippen molar-refractivity contribution in [3.63, 3.8) is 0 Å². The maximum absolute atomic E-state index is 12.0. The summed E-state index contributed by atoms with van der Waals surface area (Å²) in [5.74, 6) is 0.298. The summed E-state index contributed by atoms with van der Waals surface area (Å²) >= 11 is 1.50. The van der Waals surface area contributed by atoms with Gasteiger partial charge in [-0.1, -0.05) is 0 Å². The van der Waals surface area contributed by atoms with Gasteiger partial charge in [0.1, 0.15) is 16.5 Å². The zero-order valence-corrected chi connectivity index (χ0v) is 10.9. The molecule has 0 aliphatic heterocycles. The average molecular weight is 263 g/mol. The molecule has 0 spiro atoms. The van der Waals surface area contributed by atoms with Crippen molar-refractivity contribution in [2.24, 2.45) is 0 Å². The van der Waals surface area contributed by atoms with Crippen molar-refractivity contribution in [1.29, 1.82) is 0 Å². The summed E-state index contributed by atoms with van der Waals surface area (Å²) < 4.78 is 0. The van der Waals surface area contributed by atoms with E-state index in [1.807, 2.05) is 12.3 Å². The number of rotatable bonds is 4. The predicted octanol–water partition coefficient (Wildman–Crippen LogP) is 1.47. The zero-order chi connectivity index (χ0) is 13.0. The van der Waals surface area contributed by atoms with Crippen LogP contribution in [0.4, 0.5) is 5.82 Å². The Morgan fingerprint density at radius 2 is 2.28 bits per heavy atom.